The van der Waals surface area contributed by atoms with Crippen LogP contribution in [0.3, 0.4) is 0 Å². The molecular formula is C21H32O5. The van der Waals surface area contributed by atoms with E-state index < -0.39 is 28.8 Å². The van der Waals surface area contributed by atoms with Crippen LogP contribution in [0.15, 0.2) is 0 Å². The van der Waals surface area contributed by atoms with E-state index in [9.17, 15) is 20.1 Å². The first-order valence-corrected chi connectivity index (χ1v) is 10.4. The van der Waals surface area contributed by atoms with Crippen molar-refractivity contribution in [2.24, 2.45) is 28.6 Å². The summed E-state index contributed by atoms with van der Waals surface area (Å²) in [6.07, 6.45) is 3.74. The number of ketones is 1. The second-order valence-corrected chi connectivity index (χ2v) is 10.4. The summed E-state index contributed by atoms with van der Waals surface area (Å²) in [5, 5.41) is 32.8. The maximum absolute atomic E-state index is 12.3. The second kappa shape index (κ2) is 4.91. The zero-order chi connectivity index (χ0) is 18.7. The molecule has 0 unspecified atom stereocenters. The minimum atomic E-state index is -0.943. The molecule has 0 amide bonds. The van der Waals surface area contributed by atoms with Crippen LogP contribution >= 0.6 is 0 Å². The first-order chi connectivity index (χ1) is 12.1. The highest BCUT2D eigenvalue weighted by molar-refractivity contribution is 5.80. The molecule has 4 saturated carbocycles. The molecule has 5 nitrogen and oxygen atoms in total. The van der Waals surface area contributed by atoms with Crippen LogP contribution in [-0.4, -0.2) is 50.6 Å². The van der Waals surface area contributed by atoms with E-state index >= 15 is 0 Å². The third kappa shape index (κ3) is 1.63. The lowest BCUT2D eigenvalue weighted by Gasteiger charge is -2.60. The van der Waals surface area contributed by atoms with Crippen LogP contribution in [-0.2, 0) is 9.53 Å². The van der Waals surface area contributed by atoms with Crippen molar-refractivity contribution in [2.45, 2.75) is 95.2 Å². The molecule has 0 aromatic carbocycles. The first-order valence-electron chi connectivity index (χ1n) is 10.4. The number of aliphatic hydroxyl groups excluding tert-OH is 3. The molecule has 26 heavy (non-hydrogen) atoms. The van der Waals surface area contributed by atoms with Gasteiger partial charge in [-0.05, 0) is 63.2 Å². The van der Waals surface area contributed by atoms with Gasteiger partial charge in [-0.3, -0.25) is 4.79 Å². The number of hydrogen-bond donors (Lipinski definition) is 3. The third-order valence-corrected chi connectivity index (χ3v) is 9.73. The molecule has 146 valence electrons. The molecule has 5 rings (SSSR count). The van der Waals surface area contributed by atoms with Crippen molar-refractivity contribution < 1.29 is 24.9 Å². The van der Waals surface area contributed by atoms with Gasteiger partial charge in [0.25, 0.3) is 0 Å². The van der Waals surface area contributed by atoms with Gasteiger partial charge in [0.15, 0.2) is 0 Å². The van der Waals surface area contributed by atoms with E-state index in [4.69, 9.17) is 4.74 Å². The number of fused-ring (bicyclic) bond motifs is 2. The Morgan fingerprint density at radius 1 is 1.04 bits per heavy atom. The average molecular weight is 364 g/mol. The van der Waals surface area contributed by atoms with Crippen LogP contribution in [0.5, 0.6) is 0 Å². The molecule has 5 heteroatoms. The zero-order valence-corrected chi connectivity index (χ0v) is 16.1. The standard InChI is InChI=1S/C21H32O5/c1-11(22)14-6-9-21-19(14,3)17(25)15(24)16-18(2)7-5-13(23)10-12(18)4-8-20(16,21)26-21/h12-17,23-25H,4-10H2,1-3H3/t12-,13-,14-,15-,16+,17+,18-,19-,20-,21+/m0/s1. The van der Waals surface area contributed by atoms with Crippen LogP contribution in [0.2, 0.25) is 0 Å². The highest BCUT2D eigenvalue weighted by Gasteiger charge is 2.90. The van der Waals surface area contributed by atoms with E-state index in [2.05, 4.69) is 6.92 Å². The third-order valence-electron chi connectivity index (χ3n) is 9.73. The highest BCUT2D eigenvalue weighted by atomic mass is 16.6. The Kier molecular flexibility index (Phi) is 3.33. The van der Waals surface area contributed by atoms with Crippen molar-refractivity contribution in [3.05, 3.63) is 0 Å². The lowest BCUT2D eigenvalue weighted by Crippen LogP contribution is -2.69. The SMILES string of the molecule is CC(=O)[C@@H]1CC[C@]23O[C@]24CC[C@H]2C[C@@H](O)CC[C@]2(C)[C@H]4[C@H](O)[C@@H](O)[C@]13C. The van der Waals surface area contributed by atoms with Crippen LogP contribution in [0, 0.1) is 28.6 Å². The minimum absolute atomic E-state index is 0.0976. The number of carbonyl (C=O) groups excluding carboxylic acids is 1. The van der Waals surface area contributed by atoms with E-state index in [1.807, 2.05) is 6.92 Å². The number of epoxide rings is 1. The summed E-state index contributed by atoms with van der Waals surface area (Å²) in [7, 11) is 0. The summed E-state index contributed by atoms with van der Waals surface area (Å²) in [6, 6.07) is 0. The molecule has 1 aliphatic heterocycles. The normalized spacial score (nSPS) is 63.3. The number of Topliss-reactive ketones (excluding diaryl/α,β-unsaturated/α-hetero) is 1. The minimum Gasteiger partial charge on any atom is -0.393 e. The van der Waals surface area contributed by atoms with Gasteiger partial charge in [-0.15, -0.1) is 0 Å². The number of ether oxygens (including phenoxy) is 1. The van der Waals surface area contributed by atoms with Gasteiger partial charge in [-0.1, -0.05) is 13.8 Å². The summed E-state index contributed by atoms with van der Waals surface area (Å²) in [5.74, 6) is 0.0981. The van der Waals surface area contributed by atoms with Gasteiger partial charge >= 0.3 is 0 Å². The maximum atomic E-state index is 12.3. The molecule has 4 aliphatic carbocycles. The van der Waals surface area contributed by atoms with Gasteiger partial charge in [0, 0.05) is 17.3 Å². The Morgan fingerprint density at radius 3 is 2.46 bits per heavy atom. The van der Waals surface area contributed by atoms with Crippen LogP contribution in [0.4, 0.5) is 0 Å². The smallest absolute Gasteiger partial charge is 0.133 e. The number of rotatable bonds is 1. The quantitative estimate of drug-likeness (QED) is 0.618. The molecule has 5 fully saturated rings. The summed E-state index contributed by atoms with van der Waals surface area (Å²) >= 11 is 0. The lowest BCUT2D eigenvalue weighted by molar-refractivity contribution is -0.196. The average Bonchev–Trinajstić information content (AvgIpc) is 3.11. The monoisotopic (exact) mass is 364 g/mol. The molecule has 10 atom stereocenters. The fourth-order valence-electron chi connectivity index (χ4n) is 8.48. The van der Waals surface area contributed by atoms with Crippen molar-refractivity contribution in [1.82, 2.24) is 0 Å². The Labute approximate surface area is 155 Å². The largest absolute Gasteiger partial charge is 0.393 e. The lowest BCUT2D eigenvalue weighted by atomic mass is 9.43. The van der Waals surface area contributed by atoms with Gasteiger partial charge in [-0.25, -0.2) is 0 Å². The molecule has 0 aromatic rings. The Hall–Kier alpha value is -0.490. The predicted molar refractivity (Wildman–Crippen MR) is 94.3 cm³/mol. The van der Waals surface area contributed by atoms with Gasteiger partial charge in [0.2, 0.25) is 0 Å². The zero-order valence-electron chi connectivity index (χ0n) is 16.1. The van der Waals surface area contributed by atoms with E-state index in [0.717, 1.165) is 44.9 Å². The molecule has 3 N–H and O–H groups in total. The van der Waals surface area contributed by atoms with Crippen LogP contribution in [0.1, 0.15) is 65.7 Å². The van der Waals surface area contributed by atoms with Gasteiger partial charge < -0.3 is 20.1 Å². The fraction of sp³-hybridized carbons (Fsp3) is 0.952. The van der Waals surface area contributed by atoms with Crippen molar-refractivity contribution in [1.29, 1.82) is 0 Å². The van der Waals surface area contributed by atoms with E-state index in [1.54, 1.807) is 6.92 Å². The summed E-state index contributed by atoms with van der Waals surface area (Å²) in [4.78, 5) is 12.3. The Balaban J connectivity index is 1.61. The molecule has 5 aliphatic rings. The van der Waals surface area contributed by atoms with Gasteiger partial charge in [0.1, 0.15) is 17.0 Å². The number of hydrogen-bond acceptors (Lipinski definition) is 5. The second-order valence-electron chi connectivity index (χ2n) is 10.4. The predicted octanol–water partition coefficient (Wildman–Crippen LogP) is 1.81. The van der Waals surface area contributed by atoms with Crippen LogP contribution in [0.25, 0.3) is 0 Å². The Bertz CT molecular complexity index is 665. The molecular weight excluding hydrogens is 332 g/mol. The van der Waals surface area contributed by atoms with E-state index in [-0.39, 0.29) is 29.1 Å². The Morgan fingerprint density at radius 2 is 1.77 bits per heavy atom. The maximum Gasteiger partial charge on any atom is 0.133 e. The summed E-state index contributed by atoms with van der Waals surface area (Å²) in [6.45, 7) is 5.82. The first kappa shape index (κ1) is 17.6. The van der Waals surface area contributed by atoms with Crippen molar-refractivity contribution in [3.63, 3.8) is 0 Å². The van der Waals surface area contributed by atoms with Crippen LogP contribution < -0.4 is 0 Å². The summed E-state index contributed by atoms with van der Waals surface area (Å²) < 4.78 is 6.61. The topological polar surface area (TPSA) is 90.3 Å². The molecule has 0 aromatic heterocycles. The number of aliphatic hydroxyl groups is 3. The summed E-state index contributed by atoms with van der Waals surface area (Å²) in [5.41, 5.74) is -1.70. The molecule has 1 heterocycles. The highest BCUT2D eigenvalue weighted by Crippen LogP contribution is 2.80. The van der Waals surface area contributed by atoms with Gasteiger partial charge in [-0.2, -0.15) is 0 Å². The molecule has 0 bridgehead atoms. The van der Waals surface area contributed by atoms with E-state index in [0.29, 0.717) is 5.92 Å². The molecule has 0 radical (unpaired) electrons. The molecule has 1 saturated heterocycles. The van der Waals surface area contributed by atoms with Crippen molar-refractivity contribution in [3.8, 4) is 0 Å². The number of carbonyl (C=O) groups is 1. The van der Waals surface area contributed by atoms with Gasteiger partial charge in [0.05, 0.1) is 18.3 Å². The fourth-order valence-corrected chi connectivity index (χ4v) is 8.48. The van der Waals surface area contributed by atoms with Crippen molar-refractivity contribution in [2.75, 3.05) is 0 Å². The molecule has 2 spiro atoms. The van der Waals surface area contributed by atoms with Crippen molar-refractivity contribution >= 4 is 5.78 Å². The van der Waals surface area contributed by atoms with E-state index in [1.165, 1.54) is 0 Å².